The van der Waals surface area contributed by atoms with Crippen LogP contribution in [0.3, 0.4) is 0 Å². The average molecular weight is 506 g/mol. The van der Waals surface area contributed by atoms with Gasteiger partial charge in [0, 0.05) is 0 Å². The first kappa shape index (κ1) is 25.9. The van der Waals surface area contributed by atoms with Gasteiger partial charge in [-0.05, 0) is 0 Å². The van der Waals surface area contributed by atoms with E-state index in [4.69, 9.17) is 4.74 Å². The van der Waals surface area contributed by atoms with Crippen LogP contribution in [0.15, 0.2) is 24.3 Å². The van der Waals surface area contributed by atoms with E-state index in [2.05, 4.69) is 35.9 Å². The third-order valence-electron chi connectivity index (χ3n) is 5.05. The number of carbonyl (C=O) groups is 1. The molecular formula is C25H41NO2Sn. The van der Waals surface area contributed by atoms with Crippen molar-refractivity contribution in [3.63, 3.8) is 0 Å². The third-order valence-corrected chi connectivity index (χ3v) is 18.1. The minimum atomic E-state index is -2.53. The van der Waals surface area contributed by atoms with Gasteiger partial charge in [-0.3, -0.25) is 0 Å². The van der Waals surface area contributed by atoms with Crippen LogP contribution in [0, 0.1) is 9.86 Å². The van der Waals surface area contributed by atoms with Gasteiger partial charge in [-0.15, -0.1) is 0 Å². The van der Waals surface area contributed by atoms with Crippen LogP contribution in [0.25, 0.3) is 0 Å². The maximum atomic E-state index is 12.2. The molecule has 29 heavy (non-hydrogen) atoms. The summed E-state index contributed by atoms with van der Waals surface area (Å²) in [5, 5.41) is 2.89. The predicted molar refractivity (Wildman–Crippen MR) is 128 cm³/mol. The summed E-state index contributed by atoms with van der Waals surface area (Å²) < 4.78 is 13.4. The summed E-state index contributed by atoms with van der Waals surface area (Å²) in [4.78, 5) is 12.2. The summed E-state index contributed by atoms with van der Waals surface area (Å²) in [6.45, 7) is 12.5. The summed E-state index contributed by atoms with van der Waals surface area (Å²) in [6, 6.07) is 7.84. The van der Waals surface area contributed by atoms with Crippen LogP contribution in [0.2, 0.25) is 13.3 Å². The van der Waals surface area contributed by atoms with Crippen LogP contribution in [0.1, 0.15) is 85.6 Å². The number of benzene rings is 1. The van der Waals surface area contributed by atoms with Crippen LogP contribution >= 0.6 is 0 Å². The van der Waals surface area contributed by atoms with Crippen molar-refractivity contribution in [1.29, 1.82) is 0 Å². The second-order valence-corrected chi connectivity index (χ2v) is 21.3. The number of carbonyl (C=O) groups excluding carboxylic acids is 1. The van der Waals surface area contributed by atoms with Gasteiger partial charge in [0.05, 0.1) is 0 Å². The van der Waals surface area contributed by atoms with Gasteiger partial charge in [-0.25, -0.2) is 0 Å². The summed E-state index contributed by atoms with van der Waals surface area (Å²) in [6.07, 6.45) is 7.21. The first-order chi connectivity index (χ1) is 13.7. The monoisotopic (exact) mass is 507 g/mol. The molecule has 0 heterocycles. The zero-order valence-electron chi connectivity index (χ0n) is 19.5. The topological polar surface area (TPSA) is 38.3 Å². The van der Waals surface area contributed by atoms with E-state index in [9.17, 15) is 4.79 Å². The summed E-state index contributed by atoms with van der Waals surface area (Å²) in [5.41, 5.74) is 1.14. The quantitative estimate of drug-likeness (QED) is 0.260. The summed E-state index contributed by atoms with van der Waals surface area (Å²) in [5.74, 6) is 3.52. The van der Waals surface area contributed by atoms with E-state index in [0.717, 1.165) is 11.3 Å². The number of unbranched alkanes of at least 4 members (excludes halogenated alkanes) is 3. The van der Waals surface area contributed by atoms with Crippen LogP contribution in [-0.2, 0) is 4.74 Å². The Balaban J connectivity index is 3.14. The molecular weight excluding hydrogens is 465 g/mol. The SMILES string of the molecule is CCC[CH2][Sn]([C]#Cc1ccccc1NC(=O)OC(C)(C)C)([CH2]CCC)[CH2]CCC. The zero-order valence-corrected chi connectivity index (χ0v) is 22.3. The Kier molecular flexibility index (Phi) is 11.8. The standard InChI is InChI=1S/C13H14NO2.3C4H9.Sn/c1-5-10-8-6-7-9-11(10)14-12(15)16-13(2,3)4;3*1-3-4-2;/h6-9H,2-4H3,(H,14,15);3*1,3-4H2,2H3;. The first-order valence-electron chi connectivity index (χ1n) is 11.4. The number of nitrogens with one attached hydrogen (secondary N) is 1. The Hall–Kier alpha value is -1.15. The van der Waals surface area contributed by atoms with Crippen molar-refractivity contribution in [2.75, 3.05) is 5.32 Å². The number of anilines is 1. The molecule has 0 bridgehead atoms. The molecule has 1 N–H and O–H groups in total. The molecule has 1 aromatic carbocycles. The van der Waals surface area contributed by atoms with Crippen LogP contribution in [-0.4, -0.2) is 30.1 Å². The van der Waals surface area contributed by atoms with Crippen molar-refractivity contribution in [3.05, 3.63) is 29.8 Å². The molecule has 0 unspecified atom stereocenters. The molecule has 1 aromatic rings. The van der Waals surface area contributed by atoms with Gasteiger partial charge < -0.3 is 0 Å². The minimum absolute atomic E-state index is 0.426. The van der Waals surface area contributed by atoms with Gasteiger partial charge in [-0.2, -0.15) is 0 Å². The fraction of sp³-hybridized carbons (Fsp3) is 0.640. The van der Waals surface area contributed by atoms with Gasteiger partial charge >= 0.3 is 184 Å². The maximum absolute atomic E-state index is 12.2. The number of hydrogen-bond acceptors (Lipinski definition) is 2. The zero-order chi connectivity index (χ0) is 21.8. The Morgan fingerprint density at radius 1 is 0.966 bits per heavy atom. The van der Waals surface area contributed by atoms with Crippen molar-refractivity contribution in [2.45, 2.75) is 99.0 Å². The summed E-state index contributed by atoms with van der Waals surface area (Å²) >= 11 is -2.53. The molecule has 0 radical (unpaired) electrons. The van der Waals surface area contributed by atoms with E-state index < -0.39 is 30.1 Å². The van der Waals surface area contributed by atoms with Crippen LogP contribution in [0.4, 0.5) is 10.5 Å². The second-order valence-electron chi connectivity index (χ2n) is 9.01. The second kappa shape index (κ2) is 13.2. The average Bonchev–Trinajstić information content (AvgIpc) is 2.66. The van der Waals surface area contributed by atoms with Gasteiger partial charge in [0.15, 0.2) is 0 Å². The van der Waals surface area contributed by atoms with Gasteiger partial charge in [0.25, 0.3) is 0 Å². The molecule has 1 amide bonds. The van der Waals surface area contributed by atoms with E-state index in [1.165, 1.54) is 51.8 Å². The molecule has 3 nitrogen and oxygen atoms in total. The molecule has 0 aliphatic heterocycles. The molecule has 0 fully saturated rings. The first-order valence-corrected chi connectivity index (χ1v) is 18.9. The number of para-hydroxylation sites is 1. The normalized spacial score (nSPS) is 11.5. The van der Waals surface area contributed by atoms with E-state index in [1.807, 2.05) is 45.0 Å². The number of amides is 1. The fourth-order valence-electron chi connectivity index (χ4n) is 3.42. The van der Waals surface area contributed by atoms with Crippen molar-refractivity contribution in [1.82, 2.24) is 0 Å². The van der Waals surface area contributed by atoms with Crippen molar-refractivity contribution < 1.29 is 9.53 Å². The summed E-state index contributed by atoms with van der Waals surface area (Å²) in [7, 11) is 0. The Labute approximate surface area is 183 Å². The molecule has 0 aromatic heterocycles. The van der Waals surface area contributed by atoms with Gasteiger partial charge in [0.2, 0.25) is 0 Å². The Morgan fingerprint density at radius 3 is 1.97 bits per heavy atom. The van der Waals surface area contributed by atoms with Gasteiger partial charge in [0.1, 0.15) is 0 Å². The van der Waals surface area contributed by atoms with E-state index in [1.54, 1.807) is 0 Å². The third kappa shape index (κ3) is 10.4. The molecule has 0 spiro atoms. The fourth-order valence-corrected chi connectivity index (χ4v) is 16.6. The molecule has 0 atom stereocenters. The van der Waals surface area contributed by atoms with E-state index in [-0.39, 0.29) is 0 Å². The Bertz CT molecular complexity index is 660. The molecule has 0 aliphatic carbocycles. The van der Waals surface area contributed by atoms with Gasteiger partial charge in [-0.1, -0.05) is 0 Å². The van der Waals surface area contributed by atoms with Crippen molar-refractivity contribution in [2.24, 2.45) is 0 Å². The number of rotatable bonds is 10. The van der Waals surface area contributed by atoms with Crippen molar-refractivity contribution >= 4 is 30.2 Å². The molecule has 0 saturated heterocycles. The molecule has 1 rings (SSSR count). The Morgan fingerprint density at radius 2 is 1.48 bits per heavy atom. The van der Waals surface area contributed by atoms with Crippen LogP contribution in [0.5, 0.6) is 0 Å². The van der Waals surface area contributed by atoms with Crippen LogP contribution < -0.4 is 5.32 Å². The van der Waals surface area contributed by atoms with E-state index >= 15 is 0 Å². The molecule has 0 aliphatic rings. The number of hydrogen-bond donors (Lipinski definition) is 1. The predicted octanol–water partition coefficient (Wildman–Crippen LogP) is 7.77. The van der Waals surface area contributed by atoms with Crippen molar-refractivity contribution in [3.8, 4) is 9.86 Å². The van der Waals surface area contributed by atoms with E-state index in [0.29, 0.717) is 0 Å². The molecule has 162 valence electrons. The molecule has 0 saturated carbocycles. The number of ether oxygens (including phenoxy) is 1. The molecule has 4 heteroatoms.